The number of anilines is 1. The van der Waals surface area contributed by atoms with Crippen molar-refractivity contribution >= 4 is 22.5 Å². The quantitative estimate of drug-likeness (QED) is 0.378. The zero-order chi connectivity index (χ0) is 25.1. The highest BCUT2D eigenvalue weighted by Crippen LogP contribution is 2.39. The number of aromatic nitrogens is 3. The van der Waals surface area contributed by atoms with E-state index in [0.29, 0.717) is 40.8 Å². The van der Waals surface area contributed by atoms with Crippen molar-refractivity contribution in [3.8, 4) is 17.0 Å². The molecule has 36 heavy (non-hydrogen) atoms. The van der Waals surface area contributed by atoms with E-state index in [1.54, 1.807) is 18.5 Å². The average molecular weight is 493 g/mol. The highest BCUT2D eigenvalue weighted by Gasteiger charge is 2.32. The molecule has 2 aromatic heterocycles. The first-order valence-corrected chi connectivity index (χ1v) is 11.4. The predicted molar refractivity (Wildman–Crippen MR) is 128 cm³/mol. The third-order valence-corrected chi connectivity index (χ3v) is 5.98. The van der Waals surface area contributed by atoms with Gasteiger partial charge in [-0.1, -0.05) is 30.3 Å². The molecule has 7 nitrogen and oxygen atoms in total. The van der Waals surface area contributed by atoms with Gasteiger partial charge in [-0.15, -0.1) is 10.2 Å². The Kier molecular flexibility index (Phi) is 6.41. The van der Waals surface area contributed by atoms with Gasteiger partial charge < -0.3 is 15.4 Å². The van der Waals surface area contributed by atoms with Crippen LogP contribution in [-0.4, -0.2) is 33.7 Å². The summed E-state index contributed by atoms with van der Waals surface area (Å²) in [5.41, 5.74) is 0.769. The number of amides is 1. The lowest BCUT2D eigenvalue weighted by Crippen LogP contribution is -2.32. The number of carbonyl (C=O) groups is 1. The van der Waals surface area contributed by atoms with Gasteiger partial charge in [0.2, 0.25) is 5.91 Å². The molecule has 1 aliphatic rings. The molecular weight excluding hydrogens is 471 g/mol. The molecule has 1 saturated heterocycles. The maximum absolute atomic E-state index is 13.5. The van der Waals surface area contributed by atoms with Crippen molar-refractivity contribution in [2.45, 2.75) is 31.7 Å². The van der Waals surface area contributed by atoms with Gasteiger partial charge in [-0.2, -0.15) is 13.2 Å². The van der Waals surface area contributed by atoms with Gasteiger partial charge in [0.05, 0.1) is 5.56 Å². The van der Waals surface area contributed by atoms with E-state index >= 15 is 0 Å². The number of hydrogen-bond acceptors (Lipinski definition) is 6. The summed E-state index contributed by atoms with van der Waals surface area (Å²) in [6.45, 7) is 0.560. The topological polar surface area (TPSA) is 89.0 Å². The summed E-state index contributed by atoms with van der Waals surface area (Å²) in [5, 5.41) is 16.1. The Balaban J connectivity index is 1.51. The number of hydrogen-bond donors (Lipinski definition) is 2. The van der Waals surface area contributed by atoms with Crippen molar-refractivity contribution in [3.63, 3.8) is 0 Å². The van der Waals surface area contributed by atoms with Crippen molar-refractivity contribution in [1.29, 1.82) is 0 Å². The molecule has 2 aromatic carbocycles. The number of halogens is 3. The summed E-state index contributed by atoms with van der Waals surface area (Å²) in [7, 11) is 0. The molecular formula is C26H22F3N5O2. The van der Waals surface area contributed by atoms with Gasteiger partial charge >= 0.3 is 6.18 Å². The van der Waals surface area contributed by atoms with Gasteiger partial charge in [0.1, 0.15) is 18.1 Å². The van der Waals surface area contributed by atoms with E-state index in [0.717, 1.165) is 24.1 Å². The molecule has 184 valence electrons. The van der Waals surface area contributed by atoms with Crippen LogP contribution in [0.5, 0.6) is 5.75 Å². The molecule has 0 saturated carbocycles. The number of nitrogens with one attached hydrogen (secondary N) is 2. The molecule has 1 aliphatic heterocycles. The lowest BCUT2D eigenvalue weighted by atomic mass is 10.0. The van der Waals surface area contributed by atoms with Crippen LogP contribution in [0.1, 0.15) is 24.0 Å². The first-order valence-electron chi connectivity index (χ1n) is 11.4. The Bertz CT molecular complexity index is 1400. The van der Waals surface area contributed by atoms with Crippen molar-refractivity contribution in [2.24, 2.45) is 0 Å². The van der Waals surface area contributed by atoms with Crippen molar-refractivity contribution < 1.29 is 22.7 Å². The third-order valence-electron chi connectivity index (χ3n) is 5.98. The normalized spacial score (nSPS) is 15.6. The monoisotopic (exact) mass is 493 g/mol. The van der Waals surface area contributed by atoms with Gasteiger partial charge in [0, 0.05) is 47.7 Å². The van der Waals surface area contributed by atoms with Crippen LogP contribution in [0.25, 0.3) is 22.0 Å². The largest absolute Gasteiger partial charge is 0.488 e. The summed E-state index contributed by atoms with van der Waals surface area (Å²) in [6, 6.07) is 14.3. The van der Waals surface area contributed by atoms with Gasteiger partial charge in [0.15, 0.2) is 5.82 Å². The molecule has 1 amide bonds. The summed E-state index contributed by atoms with van der Waals surface area (Å²) in [6.07, 6.45) is -0.106. The van der Waals surface area contributed by atoms with Crippen molar-refractivity contribution in [1.82, 2.24) is 20.5 Å². The fourth-order valence-electron chi connectivity index (χ4n) is 4.13. The first-order chi connectivity index (χ1) is 17.4. The van der Waals surface area contributed by atoms with Gasteiger partial charge in [-0.05, 0) is 36.2 Å². The van der Waals surface area contributed by atoms with Crippen molar-refractivity contribution in [2.75, 3.05) is 11.9 Å². The Labute approximate surface area is 204 Å². The van der Waals surface area contributed by atoms with E-state index in [-0.39, 0.29) is 24.3 Å². The minimum Gasteiger partial charge on any atom is -0.488 e. The fourth-order valence-corrected chi connectivity index (χ4v) is 4.13. The highest BCUT2D eigenvalue weighted by molar-refractivity contribution is 6.00. The second kappa shape index (κ2) is 9.80. The SMILES string of the molecule is O=C1CC[C@@H](CNc2nnc(-c3ccc(C(F)(F)F)cc3OCc3ccccc3)c3ccncc23)N1. The molecule has 0 radical (unpaired) electrons. The van der Waals surface area contributed by atoms with Crippen molar-refractivity contribution in [3.05, 3.63) is 78.1 Å². The highest BCUT2D eigenvalue weighted by atomic mass is 19.4. The number of nitrogens with zero attached hydrogens (tertiary/aromatic N) is 3. The minimum absolute atomic E-state index is 0.0140. The molecule has 0 aliphatic carbocycles. The van der Waals surface area contributed by atoms with Crippen LogP contribution in [-0.2, 0) is 17.6 Å². The molecule has 5 rings (SSSR count). The number of fused-ring (bicyclic) bond motifs is 1. The second-order valence-corrected chi connectivity index (χ2v) is 8.49. The minimum atomic E-state index is -4.52. The lowest BCUT2D eigenvalue weighted by Gasteiger charge is -2.17. The summed E-state index contributed by atoms with van der Waals surface area (Å²) in [5.74, 6) is 0.539. The van der Waals surface area contributed by atoms with Gasteiger partial charge in [0.25, 0.3) is 0 Å². The Morgan fingerprint density at radius 1 is 1.06 bits per heavy atom. The zero-order valence-corrected chi connectivity index (χ0v) is 19.0. The summed E-state index contributed by atoms with van der Waals surface area (Å²) >= 11 is 0. The summed E-state index contributed by atoms with van der Waals surface area (Å²) < 4.78 is 46.3. The zero-order valence-electron chi connectivity index (χ0n) is 19.0. The van der Waals surface area contributed by atoms with Gasteiger partial charge in [-0.3, -0.25) is 9.78 Å². The van der Waals surface area contributed by atoms with Crippen LogP contribution < -0.4 is 15.4 Å². The molecule has 1 atom stereocenters. The number of carbonyl (C=O) groups excluding carboxylic acids is 1. The smallest absolute Gasteiger partial charge is 0.416 e. The molecule has 0 bridgehead atoms. The third kappa shape index (κ3) is 5.07. The Morgan fingerprint density at radius 3 is 2.64 bits per heavy atom. The molecule has 10 heteroatoms. The van der Waals surface area contributed by atoms with E-state index in [4.69, 9.17) is 4.74 Å². The number of rotatable bonds is 7. The molecule has 2 N–H and O–H groups in total. The van der Waals surface area contributed by atoms with Crippen LogP contribution in [0.15, 0.2) is 67.0 Å². The average Bonchev–Trinajstić information content (AvgIpc) is 3.31. The van der Waals surface area contributed by atoms with E-state index in [1.165, 1.54) is 6.07 Å². The molecule has 0 unspecified atom stereocenters. The molecule has 4 aromatic rings. The fraction of sp³-hybridized carbons (Fsp3) is 0.231. The van der Waals surface area contributed by atoms with Crippen LogP contribution in [0, 0.1) is 0 Å². The molecule has 1 fully saturated rings. The first kappa shape index (κ1) is 23.5. The van der Waals surface area contributed by atoms with Crippen LogP contribution in [0.3, 0.4) is 0 Å². The lowest BCUT2D eigenvalue weighted by molar-refractivity contribution is -0.137. The Hall–Kier alpha value is -4.21. The summed E-state index contributed by atoms with van der Waals surface area (Å²) in [4.78, 5) is 15.7. The maximum atomic E-state index is 13.5. The predicted octanol–water partition coefficient (Wildman–Crippen LogP) is 4.98. The number of pyridine rings is 1. The Morgan fingerprint density at radius 2 is 1.89 bits per heavy atom. The van der Waals surface area contributed by atoms with E-state index < -0.39 is 11.7 Å². The molecule has 0 spiro atoms. The van der Waals surface area contributed by atoms with Gasteiger partial charge in [-0.25, -0.2) is 0 Å². The number of alkyl halides is 3. The van der Waals surface area contributed by atoms with E-state index in [2.05, 4.69) is 25.8 Å². The molecule has 3 heterocycles. The van der Waals surface area contributed by atoms with Crippen LogP contribution in [0.4, 0.5) is 19.0 Å². The number of ether oxygens (including phenoxy) is 1. The van der Waals surface area contributed by atoms with Crippen LogP contribution >= 0.6 is 0 Å². The number of benzene rings is 2. The maximum Gasteiger partial charge on any atom is 0.416 e. The van der Waals surface area contributed by atoms with E-state index in [1.807, 2.05) is 30.3 Å². The van der Waals surface area contributed by atoms with E-state index in [9.17, 15) is 18.0 Å². The standard InChI is InChI=1S/C26H22F3N5O2/c27-26(28,29)17-6-8-20(22(12-17)36-15-16-4-2-1-3-5-16)24-19-10-11-30-14-21(19)25(34-33-24)31-13-18-7-9-23(35)32-18/h1-6,8,10-12,14,18H,7,9,13,15H2,(H,31,34)(H,32,35)/t18-/m0/s1. The second-order valence-electron chi connectivity index (χ2n) is 8.49. The van der Waals surface area contributed by atoms with Crippen LogP contribution in [0.2, 0.25) is 0 Å².